The van der Waals surface area contributed by atoms with Crippen molar-refractivity contribution in [2.45, 2.75) is 32.6 Å². The molecule has 4 heteroatoms. The Morgan fingerprint density at radius 1 is 1.35 bits per heavy atom. The summed E-state index contributed by atoms with van der Waals surface area (Å²) in [6.07, 6.45) is 0.446. The van der Waals surface area contributed by atoms with Gasteiger partial charge in [-0.2, -0.15) is 0 Å². The summed E-state index contributed by atoms with van der Waals surface area (Å²) in [4.78, 5) is 2.28. The number of halogens is 1. The second-order valence-corrected chi connectivity index (χ2v) is 5.02. The maximum atomic E-state index is 6.30. The summed E-state index contributed by atoms with van der Waals surface area (Å²) in [6, 6.07) is 5.90. The Morgan fingerprint density at radius 3 is 2.59 bits per heavy atom. The summed E-state index contributed by atoms with van der Waals surface area (Å²) >= 11 is 6.30. The van der Waals surface area contributed by atoms with Crippen molar-refractivity contribution in [2.24, 2.45) is 5.73 Å². The zero-order chi connectivity index (χ0) is 12.4. The zero-order valence-electron chi connectivity index (χ0n) is 10.3. The maximum absolute atomic E-state index is 6.30. The van der Waals surface area contributed by atoms with Gasteiger partial charge in [-0.15, -0.1) is 0 Å². The number of nitrogens with zero attached hydrogens (tertiary/aromatic N) is 1. The van der Waals surface area contributed by atoms with Crippen LogP contribution in [0.1, 0.15) is 19.4 Å². The molecule has 0 saturated carbocycles. The number of para-hydroxylation sites is 1. The Kier molecular flexibility index (Phi) is 3.92. The average molecular weight is 255 g/mol. The third kappa shape index (κ3) is 2.73. The number of rotatable bonds is 2. The van der Waals surface area contributed by atoms with Gasteiger partial charge in [-0.1, -0.05) is 23.7 Å². The minimum absolute atomic E-state index is 0.223. The molecule has 17 heavy (non-hydrogen) atoms. The van der Waals surface area contributed by atoms with Crippen molar-refractivity contribution in [3.05, 3.63) is 28.8 Å². The van der Waals surface area contributed by atoms with E-state index in [1.165, 1.54) is 0 Å². The first-order valence-corrected chi connectivity index (χ1v) is 6.37. The minimum atomic E-state index is 0.223. The number of hydrogen-bond acceptors (Lipinski definition) is 3. The van der Waals surface area contributed by atoms with Crippen molar-refractivity contribution in [3.63, 3.8) is 0 Å². The minimum Gasteiger partial charge on any atom is -0.372 e. The highest BCUT2D eigenvalue weighted by molar-refractivity contribution is 6.33. The van der Waals surface area contributed by atoms with E-state index in [4.69, 9.17) is 22.1 Å². The molecule has 3 nitrogen and oxygen atoms in total. The van der Waals surface area contributed by atoms with E-state index in [2.05, 4.69) is 18.7 Å². The van der Waals surface area contributed by atoms with E-state index in [-0.39, 0.29) is 12.2 Å². The number of nitrogens with two attached hydrogens (primary N) is 1. The van der Waals surface area contributed by atoms with Crippen LogP contribution in [0, 0.1) is 0 Å². The van der Waals surface area contributed by atoms with Gasteiger partial charge in [-0.05, 0) is 25.5 Å². The Balaban J connectivity index is 2.32. The van der Waals surface area contributed by atoms with E-state index < -0.39 is 0 Å². The van der Waals surface area contributed by atoms with Crippen LogP contribution in [0.15, 0.2) is 18.2 Å². The summed E-state index contributed by atoms with van der Waals surface area (Å²) in [7, 11) is 0. The first kappa shape index (κ1) is 12.7. The number of benzene rings is 1. The van der Waals surface area contributed by atoms with Crippen LogP contribution < -0.4 is 10.6 Å². The normalized spacial score (nSPS) is 25.1. The molecule has 0 bridgehead atoms. The Bertz CT molecular complexity index is 387. The molecule has 0 aliphatic carbocycles. The molecule has 2 rings (SSSR count). The molecule has 1 aromatic carbocycles. The topological polar surface area (TPSA) is 38.5 Å². The fraction of sp³-hybridized carbons (Fsp3) is 0.538. The van der Waals surface area contributed by atoms with Crippen LogP contribution in [0.3, 0.4) is 0 Å². The van der Waals surface area contributed by atoms with Crippen molar-refractivity contribution < 1.29 is 4.74 Å². The Hall–Kier alpha value is -0.770. The molecule has 2 N–H and O–H groups in total. The third-order valence-corrected chi connectivity index (χ3v) is 3.33. The molecule has 0 radical (unpaired) electrons. The monoisotopic (exact) mass is 254 g/mol. The van der Waals surface area contributed by atoms with Crippen LogP contribution in [0.5, 0.6) is 0 Å². The molecular formula is C13H19ClN2O. The first-order chi connectivity index (χ1) is 8.11. The molecule has 1 heterocycles. The van der Waals surface area contributed by atoms with E-state index in [0.29, 0.717) is 6.54 Å². The summed E-state index contributed by atoms with van der Waals surface area (Å²) in [5.41, 5.74) is 7.94. The molecule has 1 aliphatic heterocycles. The van der Waals surface area contributed by atoms with Crippen molar-refractivity contribution in [3.8, 4) is 0 Å². The molecule has 0 amide bonds. The highest BCUT2D eigenvalue weighted by atomic mass is 35.5. The molecule has 0 aromatic heterocycles. The van der Waals surface area contributed by atoms with E-state index >= 15 is 0 Å². The molecule has 1 aliphatic rings. The first-order valence-electron chi connectivity index (χ1n) is 5.99. The SMILES string of the molecule is CC1CN(c2c(Cl)cccc2CN)CC(C)O1. The van der Waals surface area contributed by atoms with Gasteiger partial charge < -0.3 is 15.4 Å². The van der Waals surface area contributed by atoms with Crippen LogP contribution in [0.25, 0.3) is 0 Å². The van der Waals surface area contributed by atoms with Gasteiger partial charge >= 0.3 is 0 Å². The number of hydrogen-bond donors (Lipinski definition) is 1. The van der Waals surface area contributed by atoms with E-state index in [1.807, 2.05) is 18.2 Å². The number of morpholine rings is 1. The predicted molar refractivity (Wildman–Crippen MR) is 71.6 cm³/mol. The predicted octanol–water partition coefficient (Wildman–Crippen LogP) is 2.41. The van der Waals surface area contributed by atoms with Crippen molar-refractivity contribution in [1.29, 1.82) is 0 Å². The highest BCUT2D eigenvalue weighted by Gasteiger charge is 2.25. The smallest absolute Gasteiger partial charge is 0.0726 e. The molecule has 2 unspecified atom stereocenters. The largest absolute Gasteiger partial charge is 0.372 e. The van der Waals surface area contributed by atoms with Crippen LogP contribution >= 0.6 is 11.6 Å². The van der Waals surface area contributed by atoms with Gasteiger partial charge in [0.1, 0.15) is 0 Å². The van der Waals surface area contributed by atoms with E-state index in [1.54, 1.807) is 0 Å². The van der Waals surface area contributed by atoms with Gasteiger partial charge in [0.15, 0.2) is 0 Å². The van der Waals surface area contributed by atoms with Crippen molar-refractivity contribution >= 4 is 17.3 Å². The Labute approximate surface area is 107 Å². The lowest BCUT2D eigenvalue weighted by molar-refractivity contribution is -0.00525. The summed E-state index contributed by atoms with van der Waals surface area (Å²) in [6.45, 7) is 6.40. The molecule has 0 spiro atoms. The summed E-state index contributed by atoms with van der Waals surface area (Å²) in [5.74, 6) is 0. The van der Waals surface area contributed by atoms with Gasteiger partial charge in [0.05, 0.1) is 22.9 Å². The van der Waals surface area contributed by atoms with Crippen molar-refractivity contribution in [2.75, 3.05) is 18.0 Å². The standard InChI is InChI=1S/C13H19ClN2O/c1-9-7-16(8-10(2)17-9)13-11(6-15)4-3-5-12(13)14/h3-5,9-10H,6-8,15H2,1-2H3. The lowest BCUT2D eigenvalue weighted by Gasteiger charge is -2.38. The van der Waals surface area contributed by atoms with Crippen LogP contribution in [-0.4, -0.2) is 25.3 Å². The average Bonchev–Trinajstić information content (AvgIpc) is 2.27. The highest BCUT2D eigenvalue weighted by Crippen LogP contribution is 2.31. The van der Waals surface area contributed by atoms with E-state index in [9.17, 15) is 0 Å². The lowest BCUT2D eigenvalue weighted by atomic mass is 10.1. The molecule has 2 atom stereocenters. The summed E-state index contributed by atoms with van der Waals surface area (Å²) in [5, 5.41) is 0.772. The van der Waals surface area contributed by atoms with Gasteiger partial charge in [0.25, 0.3) is 0 Å². The fourth-order valence-corrected chi connectivity index (χ4v) is 2.75. The quantitative estimate of drug-likeness (QED) is 0.881. The van der Waals surface area contributed by atoms with Gasteiger partial charge in [-0.3, -0.25) is 0 Å². The third-order valence-electron chi connectivity index (χ3n) is 3.03. The van der Waals surface area contributed by atoms with Gasteiger partial charge in [0, 0.05) is 19.6 Å². The second-order valence-electron chi connectivity index (χ2n) is 4.61. The molecule has 1 aromatic rings. The maximum Gasteiger partial charge on any atom is 0.0726 e. The van der Waals surface area contributed by atoms with E-state index in [0.717, 1.165) is 29.4 Å². The van der Waals surface area contributed by atoms with Crippen LogP contribution in [0.4, 0.5) is 5.69 Å². The fourth-order valence-electron chi connectivity index (χ4n) is 2.44. The molecule has 94 valence electrons. The number of ether oxygens (including phenoxy) is 1. The Morgan fingerprint density at radius 2 is 2.00 bits per heavy atom. The molecular weight excluding hydrogens is 236 g/mol. The lowest BCUT2D eigenvalue weighted by Crippen LogP contribution is -2.46. The summed E-state index contributed by atoms with van der Waals surface area (Å²) < 4.78 is 5.74. The van der Waals surface area contributed by atoms with Gasteiger partial charge in [-0.25, -0.2) is 0 Å². The molecule has 1 saturated heterocycles. The zero-order valence-corrected chi connectivity index (χ0v) is 11.1. The van der Waals surface area contributed by atoms with Crippen LogP contribution in [-0.2, 0) is 11.3 Å². The van der Waals surface area contributed by atoms with Gasteiger partial charge in [0.2, 0.25) is 0 Å². The van der Waals surface area contributed by atoms with Crippen LogP contribution in [0.2, 0.25) is 5.02 Å². The second kappa shape index (κ2) is 5.25. The number of anilines is 1. The van der Waals surface area contributed by atoms with Crippen molar-refractivity contribution in [1.82, 2.24) is 0 Å². The molecule has 1 fully saturated rings.